The van der Waals surface area contributed by atoms with Crippen molar-refractivity contribution < 1.29 is 9.32 Å². The molecule has 24 heavy (non-hydrogen) atoms. The molecule has 7 heteroatoms. The number of carbonyl (C=O) groups is 1. The Labute approximate surface area is 136 Å². The molecule has 118 valence electrons. The van der Waals surface area contributed by atoms with Crippen LogP contribution in [0.3, 0.4) is 0 Å². The molecule has 1 N–H and O–H groups in total. The second kappa shape index (κ2) is 5.96. The van der Waals surface area contributed by atoms with Gasteiger partial charge in [-0.25, -0.2) is 9.97 Å². The molecule has 0 bridgehead atoms. The van der Waals surface area contributed by atoms with Crippen LogP contribution in [0.25, 0.3) is 16.8 Å². The lowest BCUT2D eigenvalue weighted by Crippen LogP contribution is -2.15. The first-order chi connectivity index (χ1) is 11.8. The van der Waals surface area contributed by atoms with Crippen molar-refractivity contribution in [2.24, 2.45) is 0 Å². The van der Waals surface area contributed by atoms with E-state index in [9.17, 15) is 4.79 Å². The van der Waals surface area contributed by atoms with Crippen LogP contribution in [-0.2, 0) is 11.2 Å². The highest BCUT2D eigenvalue weighted by Gasteiger charge is 2.12. The highest BCUT2D eigenvalue weighted by Crippen LogP contribution is 2.18. The number of para-hydroxylation sites is 1. The number of imidazole rings is 1. The van der Waals surface area contributed by atoms with Crippen LogP contribution < -0.4 is 5.32 Å². The number of fused-ring (bicyclic) bond motifs is 1. The summed E-state index contributed by atoms with van der Waals surface area (Å²) in [4.78, 5) is 20.5. The van der Waals surface area contributed by atoms with E-state index < -0.39 is 0 Å². The topological polar surface area (TPSA) is 85.8 Å². The minimum atomic E-state index is -0.175. The second-order valence-corrected chi connectivity index (χ2v) is 5.23. The van der Waals surface area contributed by atoms with Gasteiger partial charge >= 0.3 is 0 Å². The Morgan fingerprint density at radius 3 is 2.92 bits per heavy atom. The zero-order valence-corrected chi connectivity index (χ0v) is 12.6. The number of hydrogen-bond donors (Lipinski definition) is 1. The van der Waals surface area contributed by atoms with Gasteiger partial charge in [-0.1, -0.05) is 17.3 Å². The van der Waals surface area contributed by atoms with Gasteiger partial charge < -0.3 is 9.84 Å². The molecule has 0 aliphatic rings. The summed E-state index contributed by atoms with van der Waals surface area (Å²) in [6.07, 6.45) is 6.89. The number of aromatic nitrogens is 4. The predicted molar refractivity (Wildman–Crippen MR) is 87.7 cm³/mol. The van der Waals surface area contributed by atoms with Gasteiger partial charge in [0.1, 0.15) is 17.8 Å². The van der Waals surface area contributed by atoms with Gasteiger partial charge in [-0.05, 0) is 24.3 Å². The number of anilines is 1. The van der Waals surface area contributed by atoms with Gasteiger partial charge in [0.2, 0.25) is 5.91 Å². The number of nitrogens with zero attached hydrogens (tertiary/aromatic N) is 4. The van der Waals surface area contributed by atoms with E-state index in [4.69, 9.17) is 4.52 Å². The fourth-order valence-electron chi connectivity index (χ4n) is 2.43. The Bertz CT molecular complexity index is 974. The maximum absolute atomic E-state index is 12.2. The van der Waals surface area contributed by atoms with Crippen LogP contribution in [0.4, 0.5) is 5.69 Å². The summed E-state index contributed by atoms with van der Waals surface area (Å²) in [5, 5.41) is 7.62. The SMILES string of the molecule is O=C(Cc1noc2ccccc12)Nc1ccc(-n2ccnc2)nc1. The number of pyridine rings is 1. The monoisotopic (exact) mass is 319 g/mol. The van der Waals surface area contributed by atoms with Crippen molar-refractivity contribution in [3.05, 3.63) is 67.0 Å². The van der Waals surface area contributed by atoms with Crippen molar-refractivity contribution >= 4 is 22.6 Å². The molecular weight excluding hydrogens is 306 g/mol. The van der Waals surface area contributed by atoms with Crippen LogP contribution in [0.1, 0.15) is 5.69 Å². The Morgan fingerprint density at radius 2 is 2.12 bits per heavy atom. The molecule has 4 rings (SSSR count). The molecule has 0 aliphatic heterocycles. The molecule has 0 aliphatic carbocycles. The molecule has 0 saturated carbocycles. The molecule has 7 nitrogen and oxygen atoms in total. The molecule has 3 heterocycles. The summed E-state index contributed by atoms with van der Waals surface area (Å²) < 4.78 is 6.99. The summed E-state index contributed by atoms with van der Waals surface area (Å²) in [5.41, 5.74) is 1.91. The first-order valence-electron chi connectivity index (χ1n) is 7.37. The zero-order valence-electron chi connectivity index (χ0n) is 12.6. The minimum Gasteiger partial charge on any atom is -0.356 e. The van der Waals surface area contributed by atoms with E-state index >= 15 is 0 Å². The van der Waals surface area contributed by atoms with E-state index in [1.807, 2.05) is 30.3 Å². The molecule has 0 saturated heterocycles. The third-order valence-corrected chi connectivity index (χ3v) is 3.58. The van der Waals surface area contributed by atoms with Crippen molar-refractivity contribution in [3.63, 3.8) is 0 Å². The van der Waals surface area contributed by atoms with Crippen molar-refractivity contribution in [1.82, 2.24) is 19.7 Å². The molecule has 0 fully saturated rings. The Balaban J connectivity index is 1.46. The third-order valence-electron chi connectivity index (χ3n) is 3.58. The number of hydrogen-bond acceptors (Lipinski definition) is 5. The fraction of sp³-hybridized carbons (Fsp3) is 0.0588. The second-order valence-electron chi connectivity index (χ2n) is 5.23. The van der Waals surface area contributed by atoms with Gasteiger partial charge in [0.15, 0.2) is 5.58 Å². The molecular formula is C17H13N5O2. The van der Waals surface area contributed by atoms with Gasteiger partial charge in [0, 0.05) is 17.8 Å². The van der Waals surface area contributed by atoms with Crippen LogP contribution in [0.2, 0.25) is 0 Å². The van der Waals surface area contributed by atoms with E-state index in [0.717, 1.165) is 11.2 Å². The Kier molecular flexibility index (Phi) is 3.51. The molecule has 4 aromatic rings. The van der Waals surface area contributed by atoms with Gasteiger partial charge in [-0.3, -0.25) is 9.36 Å². The highest BCUT2D eigenvalue weighted by molar-refractivity contribution is 5.94. The van der Waals surface area contributed by atoms with Crippen molar-refractivity contribution in [2.45, 2.75) is 6.42 Å². The summed E-state index contributed by atoms with van der Waals surface area (Å²) in [7, 11) is 0. The van der Waals surface area contributed by atoms with E-state index in [1.54, 1.807) is 35.6 Å². The smallest absolute Gasteiger partial charge is 0.230 e. The largest absolute Gasteiger partial charge is 0.356 e. The molecule has 0 unspecified atom stereocenters. The van der Waals surface area contributed by atoms with Crippen LogP contribution in [0, 0.1) is 0 Å². The van der Waals surface area contributed by atoms with E-state index in [0.29, 0.717) is 17.0 Å². The van der Waals surface area contributed by atoms with Crippen molar-refractivity contribution in [1.29, 1.82) is 0 Å². The average Bonchev–Trinajstić information content (AvgIpc) is 3.26. The average molecular weight is 319 g/mol. The number of amides is 1. The normalized spacial score (nSPS) is 10.8. The first kappa shape index (κ1) is 14.1. The highest BCUT2D eigenvalue weighted by atomic mass is 16.5. The number of rotatable bonds is 4. The molecule has 0 atom stereocenters. The predicted octanol–water partition coefficient (Wildman–Crippen LogP) is 2.59. The van der Waals surface area contributed by atoms with Gasteiger partial charge in [0.25, 0.3) is 0 Å². The maximum atomic E-state index is 12.2. The Hall–Kier alpha value is -3.48. The lowest BCUT2D eigenvalue weighted by atomic mass is 10.1. The van der Waals surface area contributed by atoms with Crippen LogP contribution >= 0.6 is 0 Å². The third kappa shape index (κ3) is 2.74. The summed E-state index contributed by atoms with van der Waals surface area (Å²) in [5.74, 6) is 0.555. The molecule has 0 spiro atoms. The molecule has 1 aromatic carbocycles. The number of benzene rings is 1. The molecule has 3 aromatic heterocycles. The number of carbonyl (C=O) groups excluding carboxylic acids is 1. The fourth-order valence-corrected chi connectivity index (χ4v) is 2.43. The lowest BCUT2D eigenvalue weighted by Gasteiger charge is -2.05. The maximum Gasteiger partial charge on any atom is 0.230 e. The lowest BCUT2D eigenvalue weighted by molar-refractivity contribution is -0.115. The Morgan fingerprint density at radius 1 is 1.21 bits per heavy atom. The number of nitrogens with one attached hydrogen (secondary N) is 1. The summed E-state index contributed by atoms with van der Waals surface area (Å²) in [6.45, 7) is 0. The summed E-state index contributed by atoms with van der Waals surface area (Å²) >= 11 is 0. The minimum absolute atomic E-state index is 0.139. The quantitative estimate of drug-likeness (QED) is 0.625. The van der Waals surface area contributed by atoms with Crippen LogP contribution in [0.15, 0.2) is 65.8 Å². The van der Waals surface area contributed by atoms with E-state index in [-0.39, 0.29) is 12.3 Å². The standard InChI is InChI=1S/C17H13N5O2/c23-17(9-14-13-3-1-2-4-15(13)24-21-14)20-12-5-6-16(19-10-12)22-8-7-18-11-22/h1-8,10-11H,9H2,(H,20,23). The van der Waals surface area contributed by atoms with Gasteiger partial charge in [0.05, 0.1) is 18.3 Å². The van der Waals surface area contributed by atoms with Gasteiger partial charge in [-0.2, -0.15) is 0 Å². The van der Waals surface area contributed by atoms with Crippen molar-refractivity contribution in [2.75, 3.05) is 5.32 Å². The van der Waals surface area contributed by atoms with Crippen molar-refractivity contribution in [3.8, 4) is 5.82 Å². The molecule has 0 radical (unpaired) electrons. The van der Waals surface area contributed by atoms with Gasteiger partial charge in [-0.15, -0.1) is 0 Å². The first-order valence-corrected chi connectivity index (χ1v) is 7.37. The summed E-state index contributed by atoms with van der Waals surface area (Å²) in [6, 6.07) is 11.1. The molecule has 1 amide bonds. The van der Waals surface area contributed by atoms with E-state index in [2.05, 4.69) is 20.4 Å². The zero-order chi connectivity index (χ0) is 16.4. The van der Waals surface area contributed by atoms with Crippen LogP contribution in [0.5, 0.6) is 0 Å². The van der Waals surface area contributed by atoms with Crippen LogP contribution in [-0.4, -0.2) is 25.6 Å². The van der Waals surface area contributed by atoms with E-state index in [1.165, 1.54) is 0 Å².